The summed E-state index contributed by atoms with van der Waals surface area (Å²) in [5.74, 6) is -0.268. The van der Waals surface area contributed by atoms with Crippen LogP contribution in [0.25, 0.3) is 0 Å². The molecule has 28 heavy (non-hydrogen) atoms. The number of aromatic hydroxyl groups is 1. The van der Waals surface area contributed by atoms with E-state index in [4.69, 9.17) is 27.9 Å². The predicted octanol–water partition coefficient (Wildman–Crippen LogP) is 4.96. The number of hydrogen-bond acceptors (Lipinski definition) is 4. The van der Waals surface area contributed by atoms with Crippen LogP contribution < -0.4 is 5.32 Å². The van der Waals surface area contributed by atoms with Crippen LogP contribution in [0.15, 0.2) is 42.5 Å². The van der Waals surface area contributed by atoms with Crippen LogP contribution in [0.2, 0.25) is 10.0 Å². The second kappa shape index (κ2) is 9.30. The molecule has 1 atom stereocenters. The van der Waals surface area contributed by atoms with Crippen molar-refractivity contribution in [2.75, 3.05) is 0 Å². The van der Waals surface area contributed by atoms with E-state index in [1.165, 1.54) is 18.6 Å². The van der Waals surface area contributed by atoms with Gasteiger partial charge in [0.1, 0.15) is 11.4 Å². The van der Waals surface area contributed by atoms with Gasteiger partial charge >= 0.3 is 6.09 Å². The highest BCUT2D eigenvalue weighted by Gasteiger charge is 2.26. The van der Waals surface area contributed by atoms with Gasteiger partial charge in [0.25, 0.3) is 0 Å². The van der Waals surface area contributed by atoms with E-state index in [0.29, 0.717) is 15.6 Å². The molecule has 2 aromatic carbocycles. The molecule has 0 saturated carbocycles. The Labute approximate surface area is 174 Å². The van der Waals surface area contributed by atoms with Crippen LogP contribution in [0.3, 0.4) is 0 Å². The van der Waals surface area contributed by atoms with Gasteiger partial charge in [0, 0.05) is 15.6 Å². The summed E-state index contributed by atoms with van der Waals surface area (Å²) >= 11 is 12.3. The maximum atomic E-state index is 12.9. The summed E-state index contributed by atoms with van der Waals surface area (Å²) < 4.78 is 5.26. The monoisotopic (exact) mass is 422 g/mol. The standard InChI is InChI=1S/C21H22Cl2NO4/c1-21(2,3)28-20(27)24-18(11-13-7-9-14(25)10-8-13)19(26)12-15-16(22)5-4-6-17(15)23/h4-10,12,18,25H,11H2,1-3H3,(H,24,27)/t18-/m0/s1. The molecule has 0 saturated heterocycles. The fourth-order valence-corrected chi connectivity index (χ4v) is 2.94. The van der Waals surface area contributed by atoms with E-state index in [1.807, 2.05) is 0 Å². The normalized spacial score (nSPS) is 12.3. The first-order valence-electron chi connectivity index (χ1n) is 8.65. The molecule has 7 heteroatoms. The van der Waals surface area contributed by atoms with E-state index in [0.717, 1.165) is 5.56 Å². The topological polar surface area (TPSA) is 75.6 Å². The van der Waals surface area contributed by atoms with Crippen LogP contribution in [0, 0.1) is 6.42 Å². The van der Waals surface area contributed by atoms with Crippen molar-refractivity contribution in [1.29, 1.82) is 0 Å². The number of carbonyl (C=O) groups is 2. The Morgan fingerprint density at radius 3 is 2.21 bits per heavy atom. The first-order valence-corrected chi connectivity index (χ1v) is 9.41. The molecule has 0 bridgehead atoms. The highest BCUT2D eigenvalue weighted by atomic mass is 35.5. The van der Waals surface area contributed by atoms with E-state index < -0.39 is 17.7 Å². The number of phenolic OH excluding ortho intramolecular Hbond substituents is 1. The summed E-state index contributed by atoms with van der Waals surface area (Å²) in [4.78, 5) is 25.1. The van der Waals surface area contributed by atoms with Gasteiger partial charge in [0.05, 0.1) is 12.5 Å². The number of benzene rings is 2. The molecule has 0 heterocycles. The maximum Gasteiger partial charge on any atom is 0.408 e. The third kappa shape index (κ3) is 6.73. The minimum Gasteiger partial charge on any atom is -0.508 e. The Hall–Kier alpha value is -2.24. The number of alkyl carbamates (subject to hydrolysis) is 1. The second-order valence-corrected chi connectivity index (χ2v) is 8.07. The molecular formula is C21H22Cl2NO4. The van der Waals surface area contributed by atoms with E-state index in [2.05, 4.69) is 5.32 Å². The van der Waals surface area contributed by atoms with Crippen LogP contribution in [-0.4, -0.2) is 28.6 Å². The molecule has 2 N–H and O–H groups in total. The summed E-state index contributed by atoms with van der Waals surface area (Å²) in [5, 5.41) is 12.7. The molecule has 0 aliphatic rings. The number of amides is 1. The van der Waals surface area contributed by atoms with Gasteiger partial charge in [-0.1, -0.05) is 41.4 Å². The number of rotatable bonds is 6. The van der Waals surface area contributed by atoms with Crippen LogP contribution in [0.4, 0.5) is 4.79 Å². The van der Waals surface area contributed by atoms with Crippen molar-refractivity contribution in [2.45, 2.75) is 38.8 Å². The average Bonchev–Trinajstić information content (AvgIpc) is 2.58. The Kier molecular flexibility index (Phi) is 7.33. The van der Waals surface area contributed by atoms with Crippen molar-refractivity contribution in [1.82, 2.24) is 5.32 Å². The van der Waals surface area contributed by atoms with Crippen LogP contribution in [0.1, 0.15) is 31.9 Å². The minimum atomic E-state index is -0.897. The summed E-state index contributed by atoms with van der Waals surface area (Å²) in [6.45, 7) is 5.21. The van der Waals surface area contributed by atoms with Crippen molar-refractivity contribution in [3.8, 4) is 5.75 Å². The summed E-state index contributed by atoms with van der Waals surface area (Å²) in [6.07, 6.45) is 0.813. The van der Waals surface area contributed by atoms with Gasteiger partial charge in [-0.25, -0.2) is 4.79 Å². The van der Waals surface area contributed by atoms with Gasteiger partial charge in [0.15, 0.2) is 5.78 Å². The number of carbonyl (C=O) groups excluding carboxylic acids is 2. The summed E-state index contributed by atoms with van der Waals surface area (Å²) in [6, 6.07) is 10.4. The number of ether oxygens (including phenoxy) is 1. The molecule has 149 valence electrons. The Bertz CT molecular complexity index is 824. The zero-order chi connectivity index (χ0) is 20.9. The number of ketones is 1. The van der Waals surface area contributed by atoms with Crippen molar-refractivity contribution >= 4 is 35.1 Å². The first kappa shape index (κ1) is 22.1. The second-order valence-electron chi connectivity index (χ2n) is 7.25. The minimum absolute atomic E-state index is 0.112. The number of Topliss-reactive ketones (excluding diaryl/α,β-unsaturated/α-hetero) is 1. The Balaban J connectivity index is 2.21. The van der Waals surface area contributed by atoms with E-state index in [-0.39, 0.29) is 18.0 Å². The largest absolute Gasteiger partial charge is 0.508 e. The molecule has 2 rings (SSSR count). The molecule has 2 aromatic rings. The highest BCUT2D eigenvalue weighted by molar-refractivity contribution is 6.36. The van der Waals surface area contributed by atoms with Gasteiger partial charge in [0.2, 0.25) is 0 Å². The average molecular weight is 423 g/mol. The molecule has 0 aromatic heterocycles. The van der Waals surface area contributed by atoms with Gasteiger partial charge in [-0.2, -0.15) is 0 Å². The SMILES string of the molecule is CC(C)(C)OC(=O)N[C@@H](Cc1ccc(O)cc1)C(=O)[CH]c1c(Cl)cccc1Cl. The lowest BCUT2D eigenvalue weighted by Crippen LogP contribution is -2.45. The lowest BCUT2D eigenvalue weighted by atomic mass is 9.97. The highest BCUT2D eigenvalue weighted by Crippen LogP contribution is 2.26. The molecule has 5 nitrogen and oxygen atoms in total. The molecule has 0 fully saturated rings. The van der Waals surface area contributed by atoms with Gasteiger partial charge in [-0.05, 0) is 57.0 Å². The van der Waals surface area contributed by atoms with Crippen molar-refractivity contribution in [3.05, 3.63) is 70.1 Å². The van der Waals surface area contributed by atoms with Gasteiger partial charge in [-0.3, -0.25) is 4.79 Å². The molecule has 1 radical (unpaired) electrons. The van der Waals surface area contributed by atoms with Crippen molar-refractivity contribution in [2.24, 2.45) is 0 Å². The summed E-state index contributed by atoms with van der Waals surface area (Å²) in [5.41, 5.74) is 0.440. The first-order chi connectivity index (χ1) is 13.0. The zero-order valence-electron chi connectivity index (χ0n) is 15.8. The third-order valence-corrected chi connectivity index (χ3v) is 4.36. The fraction of sp³-hybridized carbons (Fsp3) is 0.286. The molecule has 1 amide bonds. The van der Waals surface area contributed by atoms with Gasteiger partial charge in [-0.15, -0.1) is 0 Å². The smallest absolute Gasteiger partial charge is 0.408 e. The van der Waals surface area contributed by atoms with E-state index in [1.54, 1.807) is 51.1 Å². The van der Waals surface area contributed by atoms with Gasteiger partial charge < -0.3 is 15.2 Å². The number of hydrogen-bond donors (Lipinski definition) is 2. The lowest BCUT2D eigenvalue weighted by Gasteiger charge is -2.23. The number of phenols is 1. The quantitative estimate of drug-likeness (QED) is 0.689. The summed E-state index contributed by atoms with van der Waals surface area (Å²) in [7, 11) is 0. The lowest BCUT2D eigenvalue weighted by molar-refractivity contribution is -0.117. The zero-order valence-corrected chi connectivity index (χ0v) is 17.3. The Morgan fingerprint density at radius 1 is 1.11 bits per heavy atom. The molecule has 0 spiro atoms. The maximum absolute atomic E-state index is 12.9. The van der Waals surface area contributed by atoms with Crippen molar-refractivity contribution in [3.63, 3.8) is 0 Å². The van der Waals surface area contributed by atoms with E-state index >= 15 is 0 Å². The molecule has 0 aliphatic carbocycles. The molecule has 0 unspecified atom stereocenters. The number of halogens is 2. The van der Waals surface area contributed by atoms with Crippen LogP contribution in [-0.2, 0) is 16.0 Å². The van der Waals surface area contributed by atoms with Crippen LogP contribution in [0.5, 0.6) is 5.75 Å². The molecule has 0 aliphatic heterocycles. The third-order valence-electron chi connectivity index (χ3n) is 3.70. The predicted molar refractivity (Wildman–Crippen MR) is 110 cm³/mol. The Morgan fingerprint density at radius 2 is 1.68 bits per heavy atom. The van der Waals surface area contributed by atoms with Crippen molar-refractivity contribution < 1.29 is 19.4 Å². The fourth-order valence-electron chi connectivity index (χ4n) is 2.43. The number of nitrogens with one attached hydrogen (secondary N) is 1. The van der Waals surface area contributed by atoms with Crippen LogP contribution >= 0.6 is 23.2 Å². The van der Waals surface area contributed by atoms with E-state index in [9.17, 15) is 14.7 Å². The molecular weight excluding hydrogens is 401 g/mol.